The molecule has 5 heteroatoms. The van der Waals surface area contributed by atoms with Gasteiger partial charge in [-0.25, -0.2) is 4.68 Å². The monoisotopic (exact) mass is 214 g/mol. The topological polar surface area (TPSA) is 43.6 Å². The van der Waals surface area contributed by atoms with Crippen LogP contribution in [0.3, 0.4) is 0 Å². The van der Waals surface area contributed by atoms with Gasteiger partial charge in [0.2, 0.25) is 5.16 Å². The van der Waals surface area contributed by atoms with Crippen LogP contribution in [0.1, 0.15) is 39.5 Å². The first-order chi connectivity index (χ1) is 6.88. The Morgan fingerprint density at radius 2 is 2.00 bits per heavy atom. The van der Waals surface area contributed by atoms with E-state index >= 15 is 0 Å². The minimum Gasteiger partial charge on any atom is -0.220 e. The summed E-state index contributed by atoms with van der Waals surface area (Å²) in [5.74, 6) is 1.11. The molecule has 80 valence electrons. The highest BCUT2D eigenvalue weighted by atomic mass is 32.2. The SMILES string of the molecule is CCCCSc1nnnn1CCCC. The molecule has 4 nitrogen and oxygen atoms in total. The van der Waals surface area contributed by atoms with E-state index in [0.717, 1.165) is 23.9 Å². The van der Waals surface area contributed by atoms with Crippen LogP contribution in [0.15, 0.2) is 5.16 Å². The van der Waals surface area contributed by atoms with Gasteiger partial charge in [0, 0.05) is 12.3 Å². The number of nitrogens with zero attached hydrogens (tertiary/aromatic N) is 4. The molecule has 0 amide bonds. The van der Waals surface area contributed by atoms with E-state index in [2.05, 4.69) is 29.4 Å². The molecule has 0 unspecified atom stereocenters. The molecule has 0 saturated heterocycles. The standard InChI is InChI=1S/C9H18N4S/c1-3-5-7-13-9(10-11-12-13)14-8-6-4-2/h3-8H2,1-2H3. The van der Waals surface area contributed by atoms with Gasteiger partial charge < -0.3 is 0 Å². The average molecular weight is 214 g/mol. The fourth-order valence-electron chi connectivity index (χ4n) is 1.06. The molecule has 14 heavy (non-hydrogen) atoms. The van der Waals surface area contributed by atoms with Crippen molar-refractivity contribution in [1.29, 1.82) is 0 Å². The maximum absolute atomic E-state index is 4.01. The summed E-state index contributed by atoms with van der Waals surface area (Å²) in [5.41, 5.74) is 0. The lowest BCUT2D eigenvalue weighted by molar-refractivity contribution is 0.518. The Morgan fingerprint density at radius 3 is 2.71 bits per heavy atom. The fourth-order valence-corrected chi connectivity index (χ4v) is 2.04. The Morgan fingerprint density at radius 1 is 1.21 bits per heavy atom. The van der Waals surface area contributed by atoms with Gasteiger partial charge in [0.05, 0.1) is 0 Å². The molecule has 0 aromatic carbocycles. The first kappa shape index (κ1) is 11.5. The first-order valence-corrected chi connectivity index (χ1v) is 6.26. The molecule has 0 bridgehead atoms. The van der Waals surface area contributed by atoms with Crippen LogP contribution in [0, 0.1) is 0 Å². The van der Waals surface area contributed by atoms with Crippen LogP contribution >= 0.6 is 11.8 Å². The van der Waals surface area contributed by atoms with Crippen molar-refractivity contribution >= 4 is 11.8 Å². The van der Waals surface area contributed by atoms with Gasteiger partial charge in [0.15, 0.2) is 0 Å². The molecule has 0 atom stereocenters. The maximum atomic E-state index is 4.01. The average Bonchev–Trinajstić information content (AvgIpc) is 2.63. The van der Waals surface area contributed by atoms with Crippen LogP contribution in [-0.2, 0) is 6.54 Å². The number of aryl methyl sites for hydroxylation is 1. The highest BCUT2D eigenvalue weighted by molar-refractivity contribution is 7.99. The highest BCUT2D eigenvalue weighted by Crippen LogP contribution is 2.15. The number of rotatable bonds is 7. The zero-order valence-corrected chi connectivity index (χ0v) is 9.76. The van der Waals surface area contributed by atoms with Crippen molar-refractivity contribution in [3.63, 3.8) is 0 Å². The van der Waals surface area contributed by atoms with Crippen LogP contribution < -0.4 is 0 Å². The van der Waals surface area contributed by atoms with Gasteiger partial charge in [-0.3, -0.25) is 0 Å². The lowest BCUT2D eigenvalue weighted by Gasteiger charge is -2.01. The molecule has 0 aliphatic rings. The highest BCUT2D eigenvalue weighted by Gasteiger charge is 2.04. The third-order valence-electron chi connectivity index (χ3n) is 1.95. The van der Waals surface area contributed by atoms with Crippen molar-refractivity contribution in [1.82, 2.24) is 20.2 Å². The van der Waals surface area contributed by atoms with E-state index in [1.54, 1.807) is 11.8 Å². The van der Waals surface area contributed by atoms with E-state index in [1.165, 1.54) is 19.3 Å². The summed E-state index contributed by atoms with van der Waals surface area (Å²) < 4.78 is 1.91. The molecule has 0 aliphatic carbocycles. The summed E-state index contributed by atoms with van der Waals surface area (Å²) in [5, 5.41) is 12.6. The Balaban J connectivity index is 2.37. The first-order valence-electron chi connectivity index (χ1n) is 5.27. The van der Waals surface area contributed by atoms with Gasteiger partial charge in [0.25, 0.3) is 0 Å². The Hall–Kier alpha value is -0.580. The lowest BCUT2D eigenvalue weighted by Crippen LogP contribution is -2.02. The predicted molar refractivity (Wildman–Crippen MR) is 58.4 cm³/mol. The third kappa shape index (κ3) is 3.65. The zero-order chi connectivity index (χ0) is 10.2. The molecule has 0 aliphatic heterocycles. The smallest absolute Gasteiger partial charge is 0.209 e. The van der Waals surface area contributed by atoms with Gasteiger partial charge >= 0.3 is 0 Å². The summed E-state index contributed by atoms with van der Waals surface area (Å²) in [4.78, 5) is 0. The van der Waals surface area contributed by atoms with Crippen molar-refractivity contribution in [2.75, 3.05) is 5.75 Å². The van der Waals surface area contributed by atoms with Crippen LogP contribution in [0.4, 0.5) is 0 Å². The number of aromatic nitrogens is 4. The van der Waals surface area contributed by atoms with E-state index in [1.807, 2.05) is 4.68 Å². The van der Waals surface area contributed by atoms with Crippen molar-refractivity contribution in [2.24, 2.45) is 0 Å². The quantitative estimate of drug-likeness (QED) is 0.516. The normalized spacial score (nSPS) is 10.7. The molecule has 1 heterocycles. The summed E-state index contributed by atoms with van der Waals surface area (Å²) in [6, 6.07) is 0. The van der Waals surface area contributed by atoms with Crippen molar-refractivity contribution in [2.45, 2.75) is 51.2 Å². The number of unbranched alkanes of at least 4 members (excludes halogenated alkanes) is 2. The van der Waals surface area contributed by atoms with Gasteiger partial charge in [-0.2, -0.15) is 0 Å². The van der Waals surface area contributed by atoms with Crippen LogP contribution in [0.2, 0.25) is 0 Å². The largest absolute Gasteiger partial charge is 0.220 e. The third-order valence-corrected chi connectivity index (χ3v) is 2.99. The van der Waals surface area contributed by atoms with Gasteiger partial charge in [-0.15, -0.1) is 5.10 Å². The van der Waals surface area contributed by atoms with E-state index in [4.69, 9.17) is 0 Å². The van der Waals surface area contributed by atoms with Gasteiger partial charge in [-0.1, -0.05) is 38.5 Å². The number of thioether (sulfide) groups is 1. The molecule has 0 N–H and O–H groups in total. The van der Waals surface area contributed by atoms with Gasteiger partial charge in [-0.05, 0) is 23.3 Å². The number of hydrogen-bond acceptors (Lipinski definition) is 4. The van der Waals surface area contributed by atoms with Crippen molar-refractivity contribution < 1.29 is 0 Å². The summed E-state index contributed by atoms with van der Waals surface area (Å²) >= 11 is 1.76. The second-order valence-electron chi connectivity index (χ2n) is 3.24. The summed E-state index contributed by atoms with van der Waals surface area (Å²) in [7, 11) is 0. The predicted octanol–water partition coefficient (Wildman–Crippen LogP) is 2.37. The molecule has 1 aromatic heterocycles. The van der Waals surface area contributed by atoms with E-state index in [0.29, 0.717) is 0 Å². The lowest BCUT2D eigenvalue weighted by atomic mass is 10.3. The fraction of sp³-hybridized carbons (Fsp3) is 0.889. The summed E-state index contributed by atoms with van der Waals surface area (Å²) in [6.45, 7) is 5.31. The molecule has 0 fully saturated rings. The molecule has 0 radical (unpaired) electrons. The van der Waals surface area contributed by atoms with E-state index in [-0.39, 0.29) is 0 Å². The molecular weight excluding hydrogens is 196 g/mol. The van der Waals surface area contributed by atoms with Gasteiger partial charge in [0.1, 0.15) is 0 Å². The van der Waals surface area contributed by atoms with Crippen molar-refractivity contribution in [3.8, 4) is 0 Å². The van der Waals surface area contributed by atoms with E-state index < -0.39 is 0 Å². The Bertz CT molecular complexity index is 249. The number of tetrazole rings is 1. The van der Waals surface area contributed by atoms with Crippen LogP contribution in [0.5, 0.6) is 0 Å². The maximum Gasteiger partial charge on any atom is 0.209 e. The van der Waals surface area contributed by atoms with Crippen LogP contribution in [0.25, 0.3) is 0 Å². The molecule has 1 rings (SSSR count). The summed E-state index contributed by atoms with van der Waals surface area (Å²) in [6.07, 6.45) is 4.78. The van der Waals surface area contributed by atoms with Crippen LogP contribution in [-0.4, -0.2) is 26.0 Å². The Labute approximate surface area is 89.5 Å². The van der Waals surface area contributed by atoms with E-state index in [9.17, 15) is 0 Å². The molecular formula is C9H18N4S. The molecule has 1 aromatic rings. The second kappa shape index (κ2) is 6.81. The Kier molecular flexibility index (Phi) is 5.59. The minimum absolute atomic E-state index is 0.942. The van der Waals surface area contributed by atoms with Crippen molar-refractivity contribution in [3.05, 3.63) is 0 Å². The molecule has 0 spiro atoms. The minimum atomic E-state index is 0.942. The zero-order valence-electron chi connectivity index (χ0n) is 8.94. The second-order valence-corrected chi connectivity index (χ2v) is 4.30. The molecule has 0 saturated carbocycles. The number of hydrogen-bond donors (Lipinski definition) is 0.